The molecule has 3 rings (SSSR count). The van der Waals surface area contributed by atoms with E-state index in [2.05, 4.69) is 102 Å². The maximum Gasteiger partial charge on any atom is 0.673 e. The predicted octanol–water partition coefficient (Wildman–Crippen LogP) is 8.16. The van der Waals surface area contributed by atoms with Gasteiger partial charge in [0.1, 0.15) is 0 Å². The van der Waals surface area contributed by atoms with Crippen molar-refractivity contribution < 1.29 is 21.8 Å². The lowest BCUT2D eigenvalue weighted by Crippen LogP contribution is -2.31. The molecule has 0 saturated heterocycles. The SMILES string of the molecule is CCc1cccc(CC)c1[N+]1=CC(C)(c2ccc(CC(C)C)cc2)CC1(C)C.F[B-](F)(F)F. The summed E-state index contributed by atoms with van der Waals surface area (Å²) in [4.78, 5) is 0. The van der Waals surface area contributed by atoms with Crippen molar-refractivity contribution in [2.24, 2.45) is 5.92 Å². The van der Waals surface area contributed by atoms with Gasteiger partial charge < -0.3 is 17.3 Å². The average Bonchev–Trinajstić information content (AvgIpc) is 2.95. The van der Waals surface area contributed by atoms with Gasteiger partial charge in [-0.05, 0) is 43.2 Å². The zero-order valence-corrected chi connectivity index (χ0v) is 21.1. The van der Waals surface area contributed by atoms with Gasteiger partial charge >= 0.3 is 7.25 Å². The molecule has 2 aromatic carbocycles. The predicted molar refractivity (Wildman–Crippen MR) is 132 cm³/mol. The molecule has 1 aliphatic heterocycles. The molecule has 33 heavy (non-hydrogen) atoms. The maximum absolute atomic E-state index is 9.75. The van der Waals surface area contributed by atoms with Crippen molar-refractivity contribution in [2.75, 3.05) is 0 Å². The Morgan fingerprint density at radius 1 is 0.879 bits per heavy atom. The number of rotatable bonds is 6. The van der Waals surface area contributed by atoms with Crippen LogP contribution in [0.1, 0.15) is 77.1 Å². The van der Waals surface area contributed by atoms with Crippen LogP contribution < -0.4 is 0 Å². The number of nitrogens with zero attached hydrogens (tertiary/aromatic N) is 1. The summed E-state index contributed by atoms with van der Waals surface area (Å²) in [6.45, 7) is 16.3. The third-order valence-corrected chi connectivity index (χ3v) is 6.33. The van der Waals surface area contributed by atoms with Crippen LogP contribution in [0, 0.1) is 5.92 Å². The smallest absolute Gasteiger partial charge is 0.418 e. The molecular formula is C27H38BF4N. The molecule has 1 heterocycles. The first-order chi connectivity index (χ1) is 15.2. The van der Waals surface area contributed by atoms with Crippen molar-refractivity contribution in [1.29, 1.82) is 0 Å². The first-order valence-electron chi connectivity index (χ1n) is 11.9. The largest absolute Gasteiger partial charge is 0.673 e. The lowest BCUT2D eigenvalue weighted by molar-refractivity contribution is -0.512. The van der Waals surface area contributed by atoms with Crippen LogP contribution in [0.5, 0.6) is 0 Å². The van der Waals surface area contributed by atoms with Gasteiger partial charge in [-0.15, -0.1) is 0 Å². The van der Waals surface area contributed by atoms with Crippen LogP contribution >= 0.6 is 0 Å². The lowest BCUT2D eigenvalue weighted by Gasteiger charge is -2.23. The molecule has 0 bridgehead atoms. The van der Waals surface area contributed by atoms with Gasteiger partial charge in [0.2, 0.25) is 5.69 Å². The van der Waals surface area contributed by atoms with Crippen LogP contribution in [0.2, 0.25) is 0 Å². The van der Waals surface area contributed by atoms with Crippen LogP contribution in [0.3, 0.4) is 0 Å². The highest BCUT2D eigenvalue weighted by Gasteiger charge is 2.50. The highest BCUT2D eigenvalue weighted by Crippen LogP contribution is 2.43. The minimum Gasteiger partial charge on any atom is -0.418 e. The molecular weight excluding hydrogens is 425 g/mol. The minimum atomic E-state index is -6.00. The van der Waals surface area contributed by atoms with Gasteiger partial charge in [0.25, 0.3) is 0 Å². The number of aryl methyl sites for hydroxylation is 2. The Morgan fingerprint density at radius 2 is 1.36 bits per heavy atom. The summed E-state index contributed by atoms with van der Waals surface area (Å²) in [6, 6.07) is 16.2. The second kappa shape index (κ2) is 10.4. The van der Waals surface area contributed by atoms with E-state index in [9.17, 15) is 17.3 Å². The number of para-hydroxylation sites is 1. The zero-order valence-electron chi connectivity index (χ0n) is 21.1. The zero-order chi connectivity index (χ0) is 25.0. The summed E-state index contributed by atoms with van der Waals surface area (Å²) in [7, 11) is -6.00. The van der Waals surface area contributed by atoms with Gasteiger partial charge in [0, 0.05) is 31.4 Å². The summed E-state index contributed by atoms with van der Waals surface area (Å²) in [5.74, 6) is 0.701. The van der Waals surface area contributed by atoms with E-state index in [1.54, 1.807) is 0 Å². The lowest BCUT2D eigenvalue weighted by atomic mass is 9.77. The van der Waals surface area contributed by atoms with Crippen molar-refractivity contribution in [2.45, 2.75) is 85.1 Å². The number of hydrogen-bond donors (Lipinski definition) is 0. The van der Waals surface area contributed by atoms with Crippen LogP contribution in [0.4, 0.5) is 23.0 Å². The molecule has 1 atom stereocenters. The van der Waals surface area contributed by atoms with Crippen molar-refractivity contribution in [1.82, 2.24) is 0 Å². The van der Waals surface area contributed by atoms with Gasteiger partial charge in [-0.1, -0.05) is 70.2 Å². The molecule has 2 aromatic rings. The molecule has 0 N–H and O–H groups in total. The van der Waals surface area contributed by atoms with E-state index in [-0.39, 0.29) is 11.0 Å². The minimum absolute atomic E-state index is 0.0612. The molecule has 1 aliphatic rings. The molecule has 0 amide bonds. The van der Waals surface area contributed by atoms with Gasteiger partial charge in [0.15, 0.2) is 11.8 Å². The summed E-state index contributed by atoms with van der Waals surface area (Å²) in [6.07, 6.45) is 6.94. The van der Waals surface area contributed by atoms with Crippen molar-refractivity contribution in [3.05, 3.63) is 64.7 Å². The second-order valence-corrected chi connectivity index (χ2v) is 10.3. The van der Waals surface area contributed by atoms with Gasteiger partial charge in [-0.2, -0.15) is 4.58 Å². The van der Waals surface area contributed by atoms with E-state index in [1.807, 2.05) is 0 Å². The van der Waals surface area contributed by atoms with E-state index in [0.717, 1.165) is 25.7 Å². The number of halogens is 4. The summed E-state index contributed by atoms with van der Waals surface area (Å²) in [5, 5.41) is 0. The van der Waals surface area contributed by atoms with Gasteiger partial charge in [-0.3, -0.25) is 0 Å². The summed E-state index contributed by atoms with van der Waals surface area (Å²) >= 11 is 0. The molecule has 0 aromatic heterocycles. The first kappa shape index (κ1) is 27.1. The average molecular weight is 463 g/mol. The van der Waals surface area contributed by atoms with Crippen LogP contribution in [-0.2, 0) is 24.7 Å². The fourth-order valence-corrected chi connectivity index (χ4v) is 5.05. The van der Waals surface area contributed by atoms with Crippen LogP contribution in [0.15, 0.2) is 42.5 Å². The Hall–Kier alpha value is -2.11. The highest BCUT2D eigenvalue weighted by atomic mass is 19.5. The van der Waals surface area contributed by atoms with E-state index < -0.39 is 7.25 Å². The topological polar surface area (TPSA) is 3.01 Å². The molecule has 0 spiro atoms. The Balaban J connectivity index is 0.000000696. The molecule has 6 heteroatoms. The molecule has 182 valence electrons. The number of benzene rings is 2. The second-order valence-electron chi connectivity index (χ2n) is 10.3. The summed E-state index contributed by atoms with van der Waals surface area (Å²) < 4.78 is 41.6. The fraction of sp³-hybridized carbons (Fsp3) is 0.519. The first-order valence-corrected chi connectivity index (χ1v) is 11.9. The Bertz CT molecular complexity index is 933. The number of hydrogen-bond acceptors (Lipinski definition) is 0. The van der Waals surface area contributed by atoms with Gasteiger partial charge in [-0.25, -0.2) is 0 Å². The quantitative estimate of drug-likeness (QED) is 0.231. The molecule has 0 aliphatic carbocycles. The van der Waals surface area contributed by atoms with E-state index in [0.29, 0.717) is 5.92 Å². The van der Waals surface area contributed by atoms with Crippen molar-refractivity contribution in [3.8, 4) is 0 Å². The normalized spacial score (nSPS) is 19.8. The van der Waals surface area contributed by atoms with Gasteiger partial charge in [0.05, 0.1) is 5.41 Å². The monoisotopic (exact) mass is 463 g/mol. The van der Waals surface area contributed by atoms with Crippen LogP contribution in [-0.4, -0.2) is 23.6 Å². The molecule has 1 unspecified atom stereocenters. The molecule has 0 fully saturated rings. The van der Waals surface area contributed by atoms with Crippen molar-refractivity contribution >= 4 is 19.2 Å². The van der Waals surface area contributed by atoms with E-state index >= 15 is 0 Å². The van der Waals surface area contributed by atoms with Crippen LogP contribution in [0.25, 0.3) is 0 Å². The van der Waals surface area contributed by atoms with E-state index in [1.165, 1.54) is 27.9 Å². The third kappa shape index (κ3) is 7.19. The molecule has 1 nitrogen and oxygen atoms in total. The molecule has 0 saturated carbocycles. The third-order valence-electron chi connectivity index (χ3n) is 6.33. The van der Waals surface area contributed by atoms with Crippen molar-refractivity contribution in [3.63, 3.8) is 0 Å². The Morgan fingerprint density at radius 3 is 1.79 bits per heavy atom. The maximum atomic E-state index is 9.75. The van der Waals surface area contributed by atoms with E-state index in [4.69, 9.17) is 0 Å². The highest BCUT2D eigenvalue weighted by molar-refractivity contribution is 6.50. The Labute approximate surface area is 197 Å². The standard InChI is InChI=1S/C27H38N.BF4/c1-8-22-11-10-12-23(9-2)25(22)28-19-27(7,18-26(28,5)6)24-15-13-21(14-16-24)17-20(3)4;2-1(3,4)5/h10-16,19-20H,8-9,17-18H2,1-7H3;/q+1;-1. The summed E-state index contributed by atoms with van der Waals surface area (Å²) in [5.41, 5.74) is 7.40. The fourth-order valence-electron chi connectivity index (χ4n) is 5.05. The Kier molecular flexibility index (Phi) is 8.59. The molecule has 0 radical (unpaired) electrons.